The molecule has 0 N–H and O–H groups in total. The lowest BCUT2D eigenvalue weighted by Crippen LogP contribution is -2.26. The molecule has 0 bridgehead atoms. The Morgan fingerprint density at radius 1 is 0.250 bits per heavy atom. The third kappa shape index (κ3) is 5.21. The molecule has 0 aliphatic heterocycles. The molecule has 16 rings (SSSR count). The molecule has 0 atom stereocenters. The molecule has 2 aliphatic rings. The van der Waals surface area contributed by atoms with Crippen LogP contribution in [0.1, 0.15) is 22.3 Å². The van der Waals surface area contributed by atoms with Crippen molar-refractivity contribution in [2.24, 2.45) is 0 Å². The topological polar surface area (TPSA) is 4.93 Å². The average molecular weight is 910 g/mol. The molecule has 0 unspecified atom stereocenters. The van der Waals surface area contributed by atoms with Crippen molar-refractivity contribution in [1.29, 1.82) is 0 Å². The highest BCUT2D eigenvalue weighted by atomic mass is 15.0. The van der Waals surface area contributed by atoms with Crippen molar-refractivity contribution >= 4 is 64.9 Å². The second-order valence-electron chi connectivity index (χ2n) is 19.8. The van der Waals surface area contributed by atoms with E-state index in [0.29, 0.717) is 0 Å². The van der Waals surface area contributed by atoms with E-state index in [-0.39, 0.29) is 0 Å². The fourth-order valence-electron chi connectivity index (χ4n) is 13.6. The number of nitrogens with zero attached hydrogens (tertiary/aromatic N) is 1. The van der Waals surface area contributed by atoms with Crippen LogP contribution in [0.25, 0.3) is 126 Å². The third-order valence-corrected chi connectivity index (χ3v) is 16.4. The predicted octanol–water partition coefficient (Wildman–Crippen LogP) is 18.7. The van der Waals surface area contributed by atoms with Gasteiger partial charge in [0.15, 0.2) is 0 Å². The molecule has 0 radical (unpaired) electrons. The van der Waals surface area contributed by atoms with E-state index in [1.807, 2.05) is 0 Å². The van der Waals surface area contributed by atoms with Gasteiger partial charge in [0.25, 0.3) is 0 Å². The number of aromatic nitrogens is 1. The van der Waals surface area contributed by atoms with Crippen LogP contribution in [0.15, 0.2) is 261 Å². The van der Waals surface area contributed by atoms with E-state index < -0.39 is 5.41 Å². The number of hydrogen-bond acceptors (Lipinski definition) is 0. The molecular weight excluding hydrogens is 867 g/mol. The highest BCUT2D eigenvalue weighted by molar-refractivity contribution is 6.23. The largest absolute Gasteiger partial charge is 0.309 e. The number of fused-ring (bicyclic) bond motifs is 19. The van der Waals surface area contributed by atoms with E-state index in [1.165, 1.54) is 148 Å². The van der Waals surface area contributed by atoms with Gasteiger partial charge in [-0.15, -0.1) is 0 Å². The smallest absolute Gasteiger partial charge is 0.0731 e. The molecule has 0 fully saturated rings. The monoisotopic (exact) mass is 909 g/mol. The summed E-state index contributed by atoms with van der Waals surface area (Å²) in [5.41, 5.74) is 21.3. The fourth-order valence-corrected chi connectivity index (χ4v) is 13.6. The Morgan fingerprint density at radius 2 is 0.736 bits per heavy atom. The van der Waals surface area contributed by atoms with Gasteiger partial charge in [0.1, 0.15) is 0 Å². The minimum atomic E-state index is -0.486. The minimum Gasteiger partial charge on any atom is -0.309 e. The van der Waals surface area contributed by atoms with E-state index in [4.69, 9.17) is 0 Å². The molecule has 1 nitrogen and oxygen atoms in total. The first-order chi connectivity index (χ1) is 35.8. The average Bonchev–Trinajstić information content (AvgIpc) is 4.06. The Kier molecular flexibility index (Phi) is 8.16. The van der Waals surface area contributed by atoms with Crippen LogP contribution in [0, 0.1) is 0 Å². The highest BCUT2D eigenvalue weighted by Crippen LogP contribution is 2.65. The maximum atomic E-state index is 2.56. The minimum absolute atomic E-state index is 0.486. The van der Waals surface area contributed by atoms with E-state index >= 15 is 0 Å². The van der Waals surface area contributed by atoms with Gasteiger partial charge in [0.2, 0.25) is 0 Å². The Labute approximate surface area is 417 Å². The lowest BCUT2D eigenvalue weighted by molar-refractivity contribution is 0.802. The lowest BCUT2D eigenvalue weighted by Gasteiger charge is -2.32. The summed E-state index contributed by atoms with van der Waals surface area (Å²) in [6, 6.07) is 97.9. The number of rotatable bonds is 4. The molecule has 14 aromatic rings. The summed E-state index contributed by atoms with van der Waals surface area (Å²) >= 11 is 0. The number of benzene rings is 13. The summed E-state index contributed by atoms with van der Waals surface area (Å²) < 4.78 is 2.40. The molecule has 0 amide bonds. The maximum absolute atomic E-state index is 2.56. The Balaban J connectivity index is 0.898. The molecule has 1 spiro atoms. The van der Waals surface area contributed by atoms with Gasteiger partial charge >= 0.3 is 0 Å². The van der Waals surface area contributed by atoms with Crippen LogP contribution >= 0.6 is 0 Å². The van der Waals surface area contributed by atoms with Gasteiger partial charge in [0, 0.05) is 16.5 Å². The number of para-hydroxylation sites is 2. The van der Waals surface area contributed by atoms with Gasteiger partial charge in [-0.3, -0.25) is 0 Å². The molecule has 0 saturated heterocycles. The van der Waals surface area contributed by atoms with Crippen LogP contribution in [-0.4, -0.2) is 4.57 Å². The second-order valence-corrected chi connectivity index (χ2v) is 19.8. The quantitative estimate of drug-likeness (QED) is 0.155. The first-order valence-electron chi connectivity index (χ1n) is 25.2. The van der Waals surface area contributed by atoms with Gasteiger partial charge in [-0.25, -0.2) is 0 Å². The Morgan fingerprint density at radius 3 is 1.40 bits per heavy atom. The van der Waals surface area contributed by atoms with Crippen molar-refractivity contribution in [2.75, 3.05) is 0 Å². The summed E-state index contributed by atoms with van der Waals surface area (Å²) in [5.74, 6) is 0. The van der Waals surface area contributed by atoms with E-state index in [1.54, 1.807) is 0 Å². The summed E-state index contributed by atoms with van der Waals surface area (Å²) in [6.07, 6.45) is 0. The maximum Gasteiger partial charge on any atom is 0.0731 e. The molecule has 2 aliphatic carbocycles. The highest BCUT2D eigenvalue weighted by Gasteiger charge is 2.53. The third-order valence-electron chi connectivity index (χ3n) is 16.4. The first-order valence-corrected chi connectivity index (χ1v) is 25.2. The normalized spacial score (nSPS) is 13.1. The zero-order valence-electron chi connectivity index (χ0n) is 39.3. The van der Waals surface area contributed by atoms with Crippen molar-refractivity contribution in [2.45, 2.75) is 5.41 Å². The number of hydrogen-bond donors (Lipinski definition) is 0. The van der Waals surface area contributed by atoms with Crippen LogP contribution < -0.4 is 0 Å². The van der Waals surface area contributed by atoms with Crippen molar-refractivity contribution < 1.29 is 0 Å². The molecule has 1 aromatic heterocycles. The van der Waals surface area contributed by atoms with Crippen LogP contribution in [0.2, 0.25) is 0 Å². The van der Waals surface area contributed by atoms with Crippen molar-refractivity contribution in [3.63, 3.8) is 0 Å². The van der Waals surface area contributed by atoms with Crippen LogP contribution in [0.4, 0.5) is 0 Å². The van der Waals surface area contributed by atoms with E-state index in [9.17, 15) is 0 Å². The van der Waals surface area contributed by atoms with Gasteiger partial charge in [-0.05, 0) is 157 Å². The summed E-state index contributed by atoms with van der Waals surface area (Å²) in [7, 11) is 0. The van der Waals surface area contributed by atoms with Crippen LogP contribution in [-0.2, 0) is 5.41 Å². The zero-order valence-corrected chi connectivity index (χ0v) is 39.3. The van der Waals surface area contributed by atoms with Crippen molar-refractivity contribution in [3.05, 3.63) is 283 Å². The van der Waals surface area contributed by atoms with Gasteiger partial charge in [0.05, 0.1) is 16.4 Å². The lowest BCUT2D eigenvalue weighted by atomic mass is 9.69. The first kappa shape index (κ1) is 39.5. The summed E-state index contributed by atoms with van der Waals surface area (Å²) in [4.78, 5) is 0. The molecule has 0 saturated carbocycles. The molecule has 72 heavy (non-hydrogen) atoms. The molecule has 1 heteroatoms. The second kappa shape index (κ2) is 14.9. The van der Waals surface area contributed by atoms with Crippen LogP contribution in [0.3, 0.4) is 0 Å². The standard InChI is InChI=1S/C71H43N/c1-2-19-48(20-3-1)72-65-33-17-14-25-53(65)61-42-47(39-41-66(61)72)68-57-29-10-8-27-55(57)67(56-28-9-11-30-58(56)68)46-36-34-45(35-37-46)60-43-64-69(54-26-7-6-22-50(54)60)59-40-38-44-18-4-5-21-49(44)70(59)71(64)62-31-15-12-23-51(62)52-24-13-16-32-63(52)71/h1-43H. The predicted molar refractivity (Wildman–Crippen MR) is 303 cm³/mol. The molecule has 13 aromatic carbocycles. The van der Waals surface area contributed by atoms with Gasteiger partial charge in [-0.2, -0.15) is 0 Å². The molecule has 332 valence electrons. The van der Waals surface area contributed by atoms with Gasteiger partial charge < -0.3 is 4.57 Å². The Bertz CT molecular complexity index is 4510. The molecule has 1 heterocycles. The van der Waals surface area contributed by atoms with Gasteiger partial charge in [-0.1, -0.05) is 224 Å². The molecular formula is C71H43N. The summed E-state index contributed by atoms with van der Waals surface area (Å²) in [5, 5.41) is 12.7. The summed E-state index contributed by atoms with van der Waals surface area (Å²) in [6.45, 7) is 0. The van der Waals surface area contributed by atoms with Crippen molar-refractivity contribution in [1.82, 2.24) is 4.57 Å². The van der Waals surface area contributed by atoms with E-state index in [2.05, 4.69) is 265 Å². The van der Waals surface area contributed by atoms with Crippen molar-refractivity contribution in [3.8, 4) is 61.3 Å². The SMILES string of the molecule is c1ccc(-n2c3ccccc3c3cc(-c4c5ccccc5c(-c5ccc(-c6cc7c(c8ccccc68)-c6ccc8ccccc8c6C76c7ccccc7-c7ccccc76)cc5)c5ccccc45)ccc32)cc1. The van der Waals surface area contributed by atoms with Crippen LogP contribution in [0.5, 0.6) is 0 Å². The fraction of sp³-hybridized carbons (Fsp3) is 0.0141. The Hall–Kier alpha value is -9.30. The zero-order chi connectivity index (χ0) is 47.1. The van der Waals surface area contributed by atoms with E-state index in [0.717, 1.165) is 0 Å².